The fourth-order valence-electron chi connectivity index (χ4n) is 3.78. The summed E-state index contributed by atoms with van der Waals surface area (Å²) in [4.78, 5) is 27.0. The number of hydrogen-bond donors (Lipinski definition) is 0. The number of amides is 1. The van der Waals surface area contributed by atoms with Gasteiger partial charge in [0.1, 0.15) is 17.9 Å². The largest absolute Gasteiger partial charge is 0.489 e. The Kier molecular flexibility index (Phi) is 6.02. The van der Waals surface area contributed by atoms with E-state index in [2.05, 4.69) is 6.92 Å². The molecule has 1 amide bonds. The highest BCUT2D eigenvalue weighted by atomic mass is 16.5. The number of para-hydroxylation sites is 2. The van der Waals surface area contributed by atoms with Crippen LogP contribution in [-0.2, 0) is 16.1 Å². The molecule has 3 aromatic rings. The molecule has 1 aromatic heterocycles. The summed E-state index contributed by atoms with van der Waals surface area (Å²) in [6.07, 6.45) is 2.10. The highest BCUT2D eigenvalue weighted by Gasteiger charge is 2.25. The summed E-state index contributed by atoms with van der Waals surface area (Å²) in [5.41, 5.74) is 1.19. The van der Waals surface area contributed by atoms with E-state index in [1.54, 1.807) is 11.0 Å². The Morgan fingerprint density at radius 2 is 1.87 bits per heavy atom. The molecule has 1 saturated heterocycles. The van der Waals surface area contributed by atoms with E-state index in [-0.39, 0.29) is 24.9 Å². The van der Waals surface area contributed by atoms with E-state index in [9.17, 15) is 9.59 Å². The molecular weight excluding hydrogens is 382 g/mol. The van der Waals surface area contributed by atoms with Gasteiger partial charge in [0.25, 0.3) is 5.91 Å². The first-order chi connectivity index (χ1) is 14.6. The van der Waals surface area contributed by atoms with Crippen molar-refractivity contribution in [3.8, 4) is 5.75 Å². The van der Waals surface area contributed by atoms with Crippen molar-refractivity contribution in [1.82, 2.24) is 4.90 Å². The molecule has 2 aromatic carbocycles. The van der Waals surface area contributed by atoms with E-state index < -0.39 is 5.97 Å². The van der Waals surface area contributed by atoms with Crippen molar-refractivity contribution in [2.24, 2.45) is 5.92 Å². The molecule has 6 heteroatoms. The van der Waals surface area contributed by atoms with Crippen LogP contribution in [0.4, 0.5) is 0 Å². The third-order valence-electron chi connectivity index (χ3n) is 5.35. The number of furan rings is 1. The first kappa shape index (κ1) is 20.0. The topological polar surface area (TPSA) is 69.0 Å². The van der Waals surface area contributed by atoms with Crippen LogP contribution in [0.3, 0.4) is 0 Å². The van der Waals surface area contributed by atoms with Gasteiger partial charge in [-0.25, -0.2) is 4.79 Å². The van der Waals surface area contributed by atoms with Gasteiger partial charge in [-0.1, -0.05) is 43.3 Å². The van der Waals surface area contributed by atoms with E-state index in [1.807, 2.05) is 48.5 Å². The van der Waals surface area contributed by atoms with Crippen molar-refractivity contribution in [3.05, 3.63) is 65.9 Å². The fraction of sp³-hybridized carbons (Fsp3) is 0.333. The molecule has 0 bridgehead atoms. The second-order valence-corrected chi connectivity index (χ2v) is 7.67. The van der Waals surface area contributed by atoms with Gasteiger partial charge >= 0.3 is 5.97 Å². The van der Waals surface area contributed by atoms with Crippen molar-refractivity contribution in [3.63, 3.8) is 0 Å². The van der Waals surface area contributed by atoms with Crippen LogP contribution in [0, 0.1) is 5.92 Å². The number of carbonyl (C=O) groups is 2. The van der Waals surface area contributed by atoms with E-state index in [1.165, 1.54) is 0 Å². The number of rotatable bonds is 6. The third-order valence-corrected chi connectivity index (χ3v) is 5.35. The maximum absolute atomic E-state index is 12.8. The maximum Gasteiger partial charge on any atom is 0.375 e. The molecule has 2 heterocycles. The lowest BCUT2D eigenvalue weighted by Crippen LogP contribution is -2.41. The lowest BCUT2D eigenvalue weighted by molar-refractivity contribution is -0.136. The first-order valence-electron chi connectivity index (χ1n) is 10.2. The van der Waals surface area contributed by atoms with E-state index in [0.29, 0.717) is 35.9 Å². The molecular formula is C24H25NO5. The lowest BCUT2D eigenvalue weighted by atomic mass is 10.0. The lowest BCUT2D eigenvalue weighted by Gasteiger charge is -2.30. The molecule has 0 saturated carbocycles. The molecule has 30 heavy (non-hydrogen) atoms. The average molecular weight is 407 g/mol. The summed E-state index contributed by atoms with van der Waals surface area (Å²) < 4.78 is 16.9. The van der Waals surface area contributed by atoms with Gasteiger partial charge in [-0.15, -0.1) is 0 Å². The number of fused-ring (bicyclic) bond motifs is 1. The Morgan fingerprint density at radius 3 is 2.67 bits per heavy atom. The summed E-state index contributed by atoms with van der Waals surface area (Å²) in [5, 5.41) is 0.788. The molecule has 0 aliphatic carbocycles. The van der Waals surface area contributed by atoms with Crippen LogP contribution >= 0.6 is 0 Å². The molecule has 1 atom stereocenters. The summed E-state index contributed by atoms with van der Waals surface area (Å²) in [6, 6.07) is 16.7. The highest BCUT2D eigenvalue weighted by Crippen LogP contribution is 2.28. The van der Waals surface area contributed by atoms with Gasteiger partial charge in [0.2, 0.25) is 5.76 Å². The van der Waals surface area contributed by atoms with Gasteiger partial charge in [-0.2, -0.15) is 0 Å². The van der Waals surface area contributed by atoms with Crippen molar-refractivity contribution >= 4 is 22.8 Å². The van der Waals surface area contributed by atoms with Crippen LogP contribution in [0.2, 0.25) is 0 Å². The Bertz CT molecular complexity index is 1030. The van der Waals surface area contributed by atoms with Gasteiger partial charge in [0.05, 0.1) is 5.56 Å². The third kappa shape index (κ3) is 4.48. The minimum Gasteiger partial charge on any atom is -0.489 e. The first-order valence-corrected chi connectivity index (χ1v) is 10.2. The fourth-order valence-corrected chi connectivity index (χ4v) is 3.78. The predicted molar refractivity (Wildman–Crippen MR) is 112 cm³/mol. The van der Waals surface area contributed by atoms with Gasteiger partial charge in [0, 0.05) is 18.5 Å². The van der Waals surface area contributed by atoms with Crippen LogP contribution in [0.25, 0.3) is 11.0 Å². The number of hydrogen-bond acceptors (Lipinski definition) is 5. The van der Waals surface area contributed by atoms with Gasteiger partial charge in [-0.3, -0.25) is 4.79 Å². The monoisotopic (exact) mass is 407 g/mol. The summed E-state index contributed by atoms with van der Waals surface area (Å²) in [5.74, 6) is 0.406. The molecule has 0 radical (unpaired) electrons. The normalized spacial score (nSPS) is 16.4. The zero-order chi connectivity index (χ0) is 20.9. The molecule has 1 unspecified atom stereocenters. The van der Waals surface area contributed by atoms with Crippen LogP contribution in [0.1, 0.15) is 35.9 Å². The number of esters is 1. The Hall–Kier alpha value is -3.28. The van der Waals surface area contributed by atoms with E-state index >= 15 is 0 Å². The quantitative estimate of drug-likeness (QED) is 0.566. The molecule has 1 aliphatic rings. The zero-order valence-electron chi connectivity index (χ0n) is 17.0. The standard InChI is InChI=1S/C24H25NO5/c1-17-8-7-13-25(14-17)22(26)16-29-24(27)23-20(15-28-18-9-3-2-4-10-18)19-11-5-6-12-21(19)30-23/h2-6,9-12,17H,7-8,13-16H2,1H3. The highest BCUT2D eigenvalue weighted by molar-refractivity contribution is 5.96. The van der Waals surface area contributed by atoms with Crippen molar-refractivity contribution in [2.75, 3.05) is 19.7 Å². The summed E-state index contributed by atoms with van der Waals surface area (Å²) >= 11 is 0. The Labute approximate surface area is 175 Å². The van der Waals surface area contributed by atoms with Crippen molar-refractivity contribution in [2.45, 2.75) is 26.4 Å². The second kappa shape index (κ2) is 9.03. The van der Waals surface area contributed by atoms with Gasteiger partial charge in [-0.05, 0) is 37.0 Å². The minimum absolute atomic E-state index is 0.0759. The van der Waals surface area contributed by atoms with Crippen molar-refractivity contribution < 1.29 is 23.5 Å². The number of benzene rings is 2. The number of ether oxygens (including phenoxy) is 2. The van der Waals surface area contributed by atoms with Crippen molar-refractivity contribution in [1.29, 1.82) is 0 Å². The molecule has 0 spiro atoms. The molecule has 4 rings (SSSR count). The second-order valence-electron chi connectivity index (χ2n) is 7.67. The predicted octanol–water partition coefficient (Wildman–Crippen LogP) is 4.43. The van der Waals surface area contributed by atoms with Crippen LogP contribution in [-0.4, -0.2) is 36.5 Å². The van der Waals surface area contributed by atoms with E-state index in [4.69, 9.17) is 13.9 Å². The Balaban J connectivity index is 1.48. The van der Waals surface area contributed by atoms with Crippen LogP contribution in [0.5, 0.6) is 5.75 Å². The summed E-state index contributed by atoms with van der Waals surface area (Å²) in [7, 11) is 0. The van der Waals surface area contributed by atoms with Crippen LogP contribution < -0.4 is 4.74 Å². The molecule has 6 nitrogen and oxygen atoms in total. The molecule has 1 aliphatic heterocycles. The maximum atomic E-state index is 12.8. The Morgan fingerprint density at radius 1 is 1.10 bits per heavy atom. The van der Waals surface area contributed by atoms with Gasteiger partial charge in [0.15, 0.2) is 6.61 Å². The smallest absolute Gasteiger partial charge is 0.375 e. The van der Waals surface area contributed by atoms with Crippen LogP contribution in [0.15, 0.2) is 59.0 Å². The SMILES string of the molecule is CC1CCCN(C(=O)COC(=O)c2oc3ccccc3c2COc2ccccc2)C1. The molecule has 0 N–H and O–H groups in total. The number of nitrogens with zero attached hydrogens (tertiary/aromatic N) is 1. The summed E-state index contributed by atoms with van der Waals surface area (Å²) in [6.45, 7) is 3.40. The molecule has 1 fully saturated rings. The number of piperidine rings is 1. The number of carbonyl (C=O) groups excluding carboxylic acids is 2. The molecule has 156 valence electrons. The minimum atomic E-state index is -0.656. The zero-order valence-corrected chi connectivity index (χ0v) is 17.0. The van der Waals surface area contributed by atoms with E-state index in [0.717, 1.165) is 18.2 Å². The number of likely N-dealkylation sites (tertiary alicyclic amines) is 1. The average Bonchev–Trinajstić information content (AvgIpc) is 3.15. The van der Waals surface area contributed by atoms with Gasteiger partial charge < -0.3 is 18.8 Å².